The molecule has 0 unspecified atom stereocenters. The summed E-state index contributed by atoms with van der Waals surface area (Å²) in [6, 6.07) is 13.7. The number of carbonyl (C=O) groups excluding carboxylic acids is 4. The molecule has 0 spiro atoms. The molecule has 0 aliphatic rings. The molecule has 0 bridgehead atoms. The van der Waals surface area contributed by atoms with E-state index in [0.717, 1.165) is 5.56 Å². The highest BCUT2D eigenvalue weighted by molar-refractivity contribution is 6.30. The topological polar surface area (TPSA) is 108 Å². The number of rotatable bonds is 12. The first kappa shape index (κ1) is 26.9. The summed E-state index contributed by atoms with van der Waals surface area (Å²) in [6.07, 6.45) is 0.244. The van der Waals surface area contributed by atoms with Gasteiger partial charge in [-0.15, -0.1) is 11.6 Å². The second-order valence-corrected chi connectivity index (χ2v) is 7.62. The Labute approximate surface area is 203 Å². The first-order chi connectivity index (χ1) is 16.2. The lowest BCUT2D eigenvalue weighted by Gasteiger charge is -2.29. The number of ether oxygens (including phenoxy) is 3. The van der Waals surface area contributed by atoms with Gasteiger partial charge in [0.1, 0.15) is 11.5 Å². The van der Waals surface area contributed by atoms with Crippen LogP contribution in [0.4, 0.5) is 0 Å². The van der Waals surface area contributed by atoms with Crippen molar-refractivity contribution in [2.75, 3.05) is 19.1 Å². The third-order valence-corrected chi connectivity index (χ3v) is 5.13. The molecule has 2 aromatic rings. The maximum atomic E-state index is 12.7. The molecule has 8 nitrogen and oxygen atoms in total. The quantitative estimate of drug-likeness (QED) is 0.209. The van der Waals surface area contributed by atoms with Crippen LogP contribution in [-0.4, -0.2) is 48.3 Å². The van der Waals surface area contributed by atoms with Gasteiger partial charge in [-0.1, -0.05) is 12.1 Å². The average Bonchev–Trinajstić information content (AvgIpc) is 2.82. The van der Waals surface area contributed by atoms with Crippen molar-refractivity contribution >= 4 is 35.2 Å². The van der Waals surface area contributed by atoms with E-state index < -0.39 is 23.4 Å². The Morgan fingerprint density at radius 2 is 1.35 bits per heavy atom. The lowest BCUT2D eigenvalue weighted by atomic mass is 9.90. The first-order valence-corrected chi connectivity index (χ1v) is 11.4. The summed E-state index contributed by atoms with van der Waals surface area (Å²) in [5, 5.41) is 2.45. The largest absolute Gasteiger partial charge is 0.464 e. The molecule has 34 heavy (non-hydrogen) atoms. The summed E-state index contributed by atoms with van der Waals surface area (Å²) in [5.74, 6) is -1.42. The number of carbonyl (C=O) groups is 4. The Balaban J connectivity index is 2.14. The van der Waals surface area contributed by atoms with Crippen molar-refractivity contribution in [3.05, 3.63) is 59.7 Å². The molecule has 2 aromatic carbocycles. The molecule has 0 heterocycles. The van der Waals surface area contributed by atoms with Gasteiger partial charge in [0, 0.05) is 12.5 Å². The van der Waals surface area contributed by atoms with Gasteiger partial charge >= 0.3 is 11.9 Å². The van der Waals surface area contributed by atoms with E-state index in [-0.39, 0.29) is 37.7 Å². The van der Waals surface area contributed by atoms with Crippen LogP contribution < -0.4 is 10.1 Å². The van der Waals surface area contributed by atoms with Crippen LogP contribution in [0.15, 0.2) is 48.5 Å². The highest BCUT2D eigenvalue weighted by atomic mass is 35.5. The number of Topliss-reactive ketones (excluding diaryl/α,β-unsaturated/α-hetero) is 1. The highest BCUT2D eigenvalue weighted by Gasteiger charge is 2.49. The van der Waals surface area contributed by atoms with Gasteiger partial charge in [-0.3, -0.25) is 9.59 Å². The van der Waals surface area contributed by atoms with Crippen LogP contribution in [0, 0.1) is 0 Å². The first-order valence-electron chi connectivity index (χ1n) is 10.8. The van der Waals surface area contributed by atoms with E-state index in [1.807, 2.05) is 0 Å². The van der Waals surface area contributed by atoms with E-state index >= 15 is 0 Å². The van der Waals surface area contributed by atoms with Crippen molar-refractivity contribution in [3.63, 3.8) is 0 Å². The summed E-state index contributed by atoms with van der Waals surface area (Å²) >= 11 is 5.56. The van der Waals surface area contributed by atoms with E-state index in [1.54, 1.807) is 62.4 Å². The lowest BCUT2D eigenvalue weighted by Crippen LogP contribution is -2.61. The summed E-state index contributed by atoms with van der Waals surface area (Å²) in [4.78, 5) is 48.8. The number of aryl methyl sites for hydroxylation is 1. The van der Waals surface area contributed by atoms with Crippen molar-refractivity contribution in [2.24, 2.45) is 0 Å². The molecule has 0 aliphatic carbocycles. The molecular formula is C25H28ClNO7. The molecule has 9 heteroatoms. The Morgan fingerprint density at radius 1 is 0.853 bits per heavy atom. The van der Waals surface area contributed by atoms with Gasteiger partial charge in [-0.05, 0) is 68.7 Å². The lowest BCUT2D eigenvalue weighted by molar-refractivity contribution is -0.168. The maximum Gasteiger partial charge on any atom is 0.343 e. The number of ketones is 1. The maximum absolute atomic E-state index is 12.7. The van der Waals surface area contributed by atoms with Crippen molar-refractivity contribution < 1.29 is 33.4 Å². The van der Waals surface area contributed by atoms with E-state index in [1.165, 1.54) is 6.92 Å². The number of hydrogen-bond donors (Lipinski definition) is 1. The Hall–Kier alpha value is -3.39. The minimum atomic E-state index is -1.94. The molecule has 0 fully saturated rings. The zero-order chi connectivity index (χ0) is 25.1. The Kier molecular flexibility index (Phi) is 10.1. The van der Waals surface area contributed by atoms with Crippen molar-refractivity contribution in [1.82, 2.24) is 5.32 Å². The van der Waals surface area contributed by atoms with Crippen LogP contribution >= 0.6 is 11.6 Å². The fraction of sp³-hybridized carbons (Fsp3) is 0.360. The van der Waals surface area contributed by atoms with Gasteiger partial charge in [0.25, 0.3) is 0 Å². The van der Waals surface area contributed by atoms with Gasteiger partial charge in [0.05, 0.1) is 19.1 Å². The van der Waals surface area contributed by atoms with Crippen LogP contribution in [0.2, 0.25) is 0 Å². The SMILES string of the molecule is CCOC(=O)C(CCc1ccc(Oc2ccc(C(=O)CCl)cc2)cc1)(NC(C)=O)C(=O)OCC. The van der Waals surface area contributed by atoms with Crippen molar-refractivity contribution in [2.45, 2.75) is 39.2 Å². The summed E-state index contributed by atoms with van der Waals surface area (Å²) in [5.41, 5.74) is -0.628. The van der Waals surface area contributed by atoms with Crippen LogP contribution in [0.3, 0.4) is 0 Å². The Bertz CT molecular complexity index is 985. The van der Waals surface area contributed by atoms with Gasteiger partial charge in [-0.25, -0.2) is 9.59 Å². The van der Waals surface area contributed by atoms with Crippen molar-refractivity contribution in [3.8, 4) is 11.5 Å². The molecule has 182 valence electrons. The van der Waals surface area contributed by atoms with E-state index in [0.29, 0.717) is 17.1 Å². The third-order valence-electron chi connectivity index (χ3n) is 4.88. The van der Waals surface area contributed by atoms with Gasteiger partial charge in [0.15, 0.2) is 5.78 Å². The number of esters is 2. The van der Waals surface area contributed by atoms with Crippen LogP contribution in [0.1, 0.15) is 43.1 Å². The van der Waals surface area contributed by atoms with Gasteiger partial charge in [-0.2, -0.15) is 0 Å². The zero-order valence-corrected chi connectivity index (χ0v) is 20.1. The molecule has 0 aromatic heterocycles. The molecule has 0 aliphatic heterocycles. The molecule has 1 amide bonds. The predicted molar refractivity (Wildman–Crippen MR) is 126 cm³/mol. The normalized spacial score (nSPS) is 10.8. The fourth-order valence-electron chi connectivity index (χ4n) is 3.24. The second kappa shape index (κ2) is 12.7. The third kappa shape index (κ3) is 7.05. The number of alkyl halides is 1. The summed E-state index contributed by atoms with van der Waals surface area (Å²) in [6.45, 7) is 4.55. The number of halogens is 1. The smallest absolute Gasteiger partial charge is 0.343 e. The second-order valence-electron chi connectivity index (χ2n) is 7.35. The number of hydrogen-bond acceptors (Lipinski definition) is 7. The molecule has 0 saturated carbocycles. The average molecular weight is 490 g/mol. The molecule has 2 rings (SSSR count). The van der Waals surface area contributed by atoms with Crippen LogP contribution in [-0.2, 0) is 30.3 Å². The fourth-order valence-corrected chi connectivity index (χ4v) is 3.39. The van der Waals surface area contributed by atoms with E-state index in [9.17, 15) is 19.2 Å². The monoisotopic (exact) mass is 489 g/mol. The number of amides is 1. The molecule has 1 N–H and O–H groups in total. The van der Waals surface area contributed by atoms with E-state index in [4.69, 9.17) is 25.8 Å². The minimum Gasteiger partial charge on any atom is -0.464 e. The Morgan fingerprint density at radius 3 is 1.79 bits per heavy atom. The zero-order valence-electron chi connectivity index (χ0n) is 19.4. The van der Waals surface area contributed by atoms with Crippen LogP contribution in [0.5, 0.6) is 11.5 Å². The van der Waals surface area contributed by atoms with Gasteiger partial charge < -0.3 is 19.5 Å². The van der Waals surface area contributed by atoms with Gasteiger partial charge in [0.2, 0.25) is 11.4 Å². The van der Waals surface area contributed by atoms with E-state index in [2.05, 4.69) is 5.32 Å². The highest BCUT2D eigenvalue weighted by Crippen LogP contribution is 2.24. The molecule has 0 radical (unpaired) electrons. The molecule has 0 saturated heterocycles. The predicted octanol–water partition coefficient (Wildman–Crippen LogP) is 3.83. The van der Waals surface area contributed by atoms with Crippen LogP contribution in [0.25, 0.3) is 0 Å². The van der Waals surface area contributed by atoms with Crippen molar-refractivity contribution in [1.29, 1.82) is 0 Å². The number of nitrogens with one attached hydrogen (secondary N) is 1. The molecular weight excluding hydrogens is 462 g/mol. The summed E-state index contributed by atoms with van der Waals surface area (Å²) < 4.78 is 15.9. The summed E-state index contributed by atoms with van der Waals surface area (Å²) in [7, 11) is 0. The molecule has 0 atom stereocenters. The standard InChI is InChI=1S/C25H28ClNO7/c1-4-32-23(30)25(27-17(3)28,24(31)33-5-2)15-14-18-6-10-20(11-7-18)34-21-12-8-19(9-13-21)22(29)16-26/h6-13H,4-5,14-16H2,1-3H3,(H,27,28). The number of benzene rings is 2. The minimum absolute atomic E-state index is 0.0412.